The zero-order valence-electron chi connectivity index (χ0n) is 15.8. The topological polar surface area (TPSA) is 58.4 Å². The highest BCUT2D eigenvalue weighted by atomic mass is 35.5. The van der Waals surface area contributed by atoms with Gasteiger partial charge in [-0.2, -0.15) is 18.3 Å². The van der Waals surface area contributed by atoms with Gasteiger partial charge in [0.1, 0.15) is 0 Å². The van der Waals surface area contributed by atoms with Gasteiger partial charge in [-0.25, -0.2) is 4.79 Å². The number of carbonyl (C=O) groups is 1. The summed E-state index contributed by atoms with van der Waals surface area (Å²) in [6.45, 7) is 2.36. The summed E-state index contributed by atoms with van der Waals surface area (Å²) in [5.41, 5.74) is 0.878. The number of amides is 1. The Morgan fingerprint density at radius 2 is 2.03 bits per heavy atom. The maximum absolute atomic E-state index is 13.7. The van der Waals surface area contributed by atoms with Gasteiger partial charge in [0.05, 0.1) is 10.9 Å². The number of thiophene rings is 1. The molecule has 1 atom stereocenters. The zero-order valence-corrected chi connectivity index (χ0v) is 17.4. The second-order valence-electron chi connectivity index (χ2n) is 6.98. The van der Waals surface area contributed by atoms with Crippen molar-refractivity contribution in [2.24, 2.45) is 0 Å². The van der Waals surface area contributed by atoms with Crippen LogP contribution in [0.25, 0.3) is 11.1 Å². The molecule has 0 radical (unpaired) electrons. The molecule has 0 saturated heterocycles. The van der Waals surface area contributed by atoms with Gasteiger partial charge in [-0.1, -0.05) is 35.9 Å². The second-order valence-corrected chi connectivity index (χ2v) is 8.74. The van der Waals surface area contributed by atoms with Crippen LogP contribution in [0.2, 0.25) is 4.34 Å². The third-order valence-corrected chi connectivity index (χ3v) is 6.44. The molecule has 0 unspecified atom stereocenters. The Morgan fingerprint density at radius 1 is 1.30 bits per heavy atom. The highest BCUT2D eigenvalue weighted by Gasteiger charge is 2.39. The van der Waals surface area contributed by atoms with E-state index in [-0.39, 0.29) is 18.7 Å². The smallest absolute Gasteiger partial charge is 0.435 e. The molecule has 1 N–H and O–H groups in total. The molecule has 1 aromatic carbocycles. The molecular formula is C20H17ClF3N3O2S. The quantitative estimate of drug-likeness (QED) is 0.532. The van der Waals surface area contributed by atoms with E-state index in [1.54, 1.807) is 37.3 Å². The van der Waals surface area contributed by atoms with E-state index in [0.29, 0.717) is 22.0 Å². The fraction of sp³-hybridized carbons (Fsp3) is 0.300. The van der Waals surface area contributed by atoms with Crippen LogP contribution in [0.15, 0.2) is 36.5 Å². The molecule has 0 aliphatic carbocycles. The van der Waals surface area contributed by atoms with Crippen molar-refractivity contribution >= 4 is 29.0 Å². The second kappa shape index (κ2) is 7.63. The van der Waals surface area contributed by atoms with Gasteiger partial charge in [0.25, 0.3) is 0 Å². The summed E-state index contributed by atoms with van der Waals surface area (Å²) >= 11 is 7.48. The van der Waals surface area contributed by atoms with E-state index in [9.17, 15) is 23.1 Å². The summed E-state index contributed by atoms with van der Waals surface area (Å²) in [6, 6.07) is 8.55. The Balaban J connectivity index is 1.90. The third kappa shape index (κ3) is 3.67. The number of nitrogens with zero attached hydrogens (tertiary/aromatic N) is 3. The van der Waals surface area contributed by atoms with Crippen LogP contribution in [0.5, 0.6) is 0 Å². The molecule has 1 aliphatic heterocycles. The molecule has 1 amide bonds. The summed E-state index contributed by atoms with van der Waals surface area (Å²) in [6.07, 6.45) is -4.30. The lowest BCUT2D eigenvalue weighted by Gasteiger charge is -2.32. The number of hydrogen-bond donors (Lipinski definition) is 1. The monoisotopic (exact) mass is 455 g/mol. The number of hydrogen-bond acceptors (Lipinski definition) is 3. The summed E-state index contributed by atoms with van der Waals surface area (Å²) in [5, 5.41) is 13.3. The first-order valence-corrected chi connectivity index (χ1v) is 10.4. The van der Waals surface area contributed by atoms with Gasteiger partial charge < -0.3 is 10.0 Å². The number of aromatic nitrogens is 2. The molecule has 0 fully saturated rings. The van der Waals surface area contributed by atoms with Gasteiger partial charge in [0.2, 0.25) is 0 Å². The van der Waals surface area contributed by atoms with E-state index < -0.39 is 23.9 Å². The van der Waals surface area contributed by atoms with Crippen LogP contribution in [0.4, 0.5) is 18.0 Å². The highest BCUT2D eigenvalue weighted by Crippen LogP contribution is 2.44. The molecule has 4 rings (SSSR count). The fourth-order valence-corrected chi connectivity index (χ4v) is 5.19. The van der Waals surface area contributed by atoms with E-state index in [2.05, 4.69) is 5.10 Å². The molecule has 3 aromatic rings. The molecule has 10 heteroatoms. The number of rotatable bonds is 3. The first-order chi connectivity index (χ1) is 14.2. The van der Waals surface area contributed by atoms with Crippen LogP contribution in [0.3, 0.4) is 0 Å². The summed E-state index contributed by atoms with van der Waals surface area (Å²) in [7, 11) is 0. The van der Waals surface area contributed by atoms with Crippen molar-refractivity contribution in [1.29, 1.82) is 0 Å². The average Bonchev–Trinajstić information content (AvgIpc) is 3.29. The number of halogens is 4. The van der Waals surface area contributed by atoms with Crippen LogP contribution in [0.1, 0.15) is 34.5 Å². The standard InChI is InChI=1S/C20H17ClF3N3O2S/c1-2-27-9-15(18(25-27)20(22,23)24)12-6-4-3-5-11(12)14-8-26(19(28)29)10-16-13(14)7-17(21)30-16/h3-7,9,14H,2,8,10H2,1H3,(H,28,29)/t14-/m0/s1. The van der Waals surface area contributed by atoms with Gasteiger partial charge in [0, 0.05) is 35.6 Å². The van der Waals surface area contributed by atoms with Crippen molar-refractivity contribution in [3.8, 4) is 11.1 Å². The van der Waals surface area contributed by atoms with Crippen molar-refractivity contribution in [3.63, 3.8) is 0 Å². The van der Waals surface area contributed by atoms with Gasteiger partial charge in [-0.3, -0.25) is 4.68 Å². The minimum absolute atomic E-state index is 0.0183. The lowest BCUT2D eigenvalue weighted by Crippen LogP contribution is -2.37. The molecule has 5 nitrogen and oxygen atoms in total. The Bertz CT molecular complexity index is 1110. The minimum atomic E-state index is -4.61. The summed E-state index contributed by atoms with van der Waals surface area (Å²) in [5.74, 6) is -0.434. The maximum atomic E-state index is 13.7. The van der Waals surface area contributed by atoms with Crippen molar-refractivity contribution < 1.29 is 23.1 Å². The molecule has 1 aliphatic rings. The Kier molecular flexibility index (Phi) is 5.27. The van der Waals surface area contributed by atoms with E-state index in [1.807, 2.05) is 0 Å². The molecule has 158 valence electrons. The molecule has 3 heterocycles. The van der Waals surface area contributed by atoms with Crippen LogP contribution in [-0.4, -0.2) is 32.4 Å². The molecule has 0 bridgehead atoms. The van der Waals surface area contributed by atoms with Crippen LogP contribution >= 0.6 is 22.9 Å². The van der Waals surface area contributed by atoms with Gasteiger partial charge >= 0.3 is 12.3 Å². The Labute approximate surface area is 179 Å². The average molecular weight is 456 g/mol. The van der Waals surface area contributed by atoms with Crippen molar-refractivity contribution in [2.45, 2.75) is 32.1 Å². The van der Waals surface area contributed by atoms with Gasteiger partial charge in [0.15, 0.2) is 5.69 Å². The fourth-order valence-electron chi connectivity index (χ4n) is 3.83. The Hall–Kier alpha value is -2.52. The summed E-state index contributed by atoms with van der Waals surface area (Å²) in [4.78, 5) is 13.7. The largest absolute Gasteiger partial charge is 0.465 e. The zero-order chi connectivity index (χ0) is 21.6. The first kappa shape index (κ1) is 20.7. The predicted octanol–water partition coefficient (Wildman–Crippen LogP) is 5.93. The highest BCUT2D eigenvalue weighted by molar-refractivity contribution is 7.16. The minimum Gasteiger partial charge on any atom is -0.465 e. The lowest BCUT2D eigenvalue weighted by molar-refractivity contribution is -0.141. The number of alkyl halides is 3. The first-order valence-electron chi connectivity index (χ1n) is 9.19. The van der Waals surface area contributed by atoms with Crippen molar-refractivity contribution in [3.05, 3.63) is 62.6 Å². The maximum Gasteiger partial charge on any atom is 0.435 e. The lowest BCUT2D eigenvalue weighted by atomic mass is 9.84. The number of aryl methyl sites for hydroxylation is 1. The molecule has 0 spiro atoms. The van der Waals surface area contributed by atoms with Crippen LogP contribution < -0.4 is 0 Å². The number of carboxylic acid groups (broad SMARTS) is 1. The van der Waals surface area contributed by atoms with E-state index in [1.165, 1.54) is 27.1 Å². The normalized spacial score (nSPS) is 16.6. The van der Waals surface area contributed by atoms with Gasteiger partial charge in [-0.05, 0) is 29.7 Å². The number of benzene rings is 1. The van der Waals surface area contributed by atoms with E-state index in [4.69, 9.17) is 11.6 Å². The van der Waals surface area contributed by atoms with Crippen LogP contribution in [0, 0.1) is 0 Å². The SMILES string of the molecule is CCn1cc(-c2ccccc2[C@@H]2CN(C(=O)O)Cc3sc(Cl)cc32)c(C(F)(F)F)n1. The van der Waals surface area contributed by atoms with E-state index >= 15 is 0 Å². The van der Waals surface area contributed by atoms with Crippen LogP contribution in [-0.2, 0) is 19.3 Å². The predicted molar refractivity (Wildman–Crippen MR) is 108 cm³/mol. The van der Waals surface area contributed by atoms with Crippen molar-refractivity contribution in [2.75, 3.05) is 6.54 Å². The summed E-state index contributed by atoms with van der Waals surface area (Å²) < 4.78 is 42.8. The molecule has 30 heavy (non-hydrogen) atoms. The molecule has 2 aromatic heterocycles. The third-order valence-electron chi connectivity index (χ3n) is 5.18. The molecule has 0 saturated carbocycles. The molecular weight excluding hydrogens is 439 g/mol. The number of fused-ring (bicyclic) bond motifs is 1. The van der Waals surface area contributed by atoms with E-state index in [0.717, 1.165) is 10.4 Å². The van der Waals surface area contributed by atoms with Gasteiger partial charge in [-0.15, -0.1) is 11.3 Å². The Morgan fingerprint density at radius 3 is 2.70 bits per heavy atom. The van der Waals surface area contributed by atoms with Crippen molar-refractivity contribution in [1.82, 2.24) is 14.7 Å².